The van der Waals surface area contributed by atoms with Crippen molar-refractivity contribution in [2.45, 2.75) is 102 Å². The van der Waals surface area contributed by atoms with Gasteiger partial charge in [-0.25, -0.2) is 9.59 Å². The molecule has 1 N–H and O–H groups in total. The second-order valence-electron chi connectivity index (χ2n) is 13.5. The lowest BCUT2D eigenvalue weighted by atomic mass is 9.48. The van der Waals surface area contributed by atoms with Crippen molar-refractivity contribution in [3.05, 3.63) is 71.8 Å². The Morgan fingerprint density at radius 1 is 0.673 bits per heavy atom. The number of carbonyl (C=O) groups excluding carboxylic acids is 6. The fourth-order valence-corrected chi connectivity index (χ4v) is 8.27. The van der Waals surface area contributed by atoms with E-state index in [4.69, 9.17) is 28.4 Å². The van der Waals surface area contributed by atoms with E-state index in [1.165, 1.54) is 38.1 Å². The van der Waals surface area contributed by atoms with Crippen LogP contribution in [-0.2, 0) is 47.6 Å². The van der Waals surface area contributed by atoms with Gasteiger partial charge in [-0.05, 0) is 52.0 Å². The number of ketones is 1. The number of aliphatic hydroxyl groups is 1. The van der Waals surface area contributed by atoms with Crippen LogP contribution in [0.25, 0.3) is 0 Å². The molecule has 3 aliphatic rings. The second-order valence-corrected chi connectivity index (χ2v) is 13.5. The van der Waals surface area contributed by atoms with E-state index in [0.29, 0.717) is 0 Å². The molecule has 1 saturated heterocycles. The van der Waals surface area contributed by atoms with E-state index in [1.54, 1.807) is 50.2 Å². The lowest BCUT2D eigenvalue weighted by molar-refractivity contribution is -0.371. The fourth-order valence-electron chi connectivity index (χ4n) is 8.27. The monoisotopic (exact) mass is 680 g/mol. The van der Waals surface area contributed by atoms with E-state index in [2.05, 4.69) is 0 Å². The molecule has 49 heavy (non-hydrogen) atoms. The number of fused-ring (bicyclic) bond motifs is 1. The fraction of sp³-hybridized carbons (Fsp3) is 0.500. The second kappa shape index (κ2) is 12.7. The summed E-state index contributed by atoms with van der Waals surface area (Å²) in [6.07, 6.45) is -7.38. The summed E-state index contributed by atoms with van der Waals surface area (Å²) in [5, 5.41) is 12.6. The zero-order valence-electron chi connectivity index (χ0n) is 28.3. The molecule has 5 rings (SSSR count). The molecule has 2 aliphatic carbocycles. The van der Waals surface area contributed by atoms with Crippen LogP contribution in [0.2, 0.25) is 0 Å². The van der Waals surface area contributed by atoms with Crippen molar-refractivity contribution in [3.8, 4) is 0 Å². The van der Waals surface area contributed by atoms with Gasteiger partial charge < -0.3 is 33.5 Å². The van der Waals surface area contributed by atoms with Crippen molar-refractivity contribution in [3.63, 3.8) is 0 Å². The Kier molecular flexibility index (Phi) is 9.24. The SMILES string of the molecule is CC(=O)O[C@H]1C[C@](C)(O)[C@]23OC(C)(C)[C@H]([C@@H](C(C)=O)[C@@H](OC(=O)c4ccccc4)[C@]2(OC(C)=O)[C@H]1OC(=O)c1ccccc1)[C@H]3OC(C)=O. The van der Waals surface area contributed by atoms with Gasteiger partial charge in [-0.1, -0.05) is 36.4 Å². The Bertz CT molecular complexity index is 1650. The Hall–Kier alpha value is -4.62. The summed E-state index contributed by atoms with van der Waals surface area (Å²) in [5.41, 5.74) is -8.66. The predicted octanol–water partition coefficient (Wildman–Crippen LogP) is 3.14. The normalized spacial score (nSPS) is 34.0. The van der Waals surface area contributed by atoms with Crippen LogP contribution in [0.1, 0.15) is 75.6 Å². The van der Waals surface area contributed by atoms with Crippen molar-refractivity contribution in [1.29, 1.82) is 0 Å². The minimum absolute atomic E-state index is 0.0484. The molecule has 0 aromatic heterocycles. The molecular weight excluding hydrogens is 640 g/mol. The molecule has 3 fully saturated rings. The molecule has 262 valence electrons. The lowest BCUT2D eigenvalue weighted by Crippen LogP contribution is -2.88. The van der Waals surface area contributed by atoms with Crippen LogP contribution in [0.3, 0.4) is 0 Å². The van der Waals surface area contributed by atoms with Crippen molar-refractivity contribution >= 4 is 35.6 Å². The van der Waals surface area contributed by atoms with Crippen LogP contribution < -0.4 is 0 Å². The highest BCUT2D eigenvalue weighted by Crippen LogP contribution is 2.68. The predicted molar refractivity (Wildman–Crippen MR) is 168 cm³/mol. The zero-order valence-corrected chi connectivity index (χ0v) is 28.3. The van der Waals surface area contributed by atoms with Gasteiger partial charge >= 0.3 is 29.8 Å². The number of hydrogen-bond donors (Lipinski definition) is 1. The van der Waals surface area contributed by atoms with Gasteiger partial charge in [-0.2, -0.15) is 0 Å². The zero-order chi connectivity index (χ0) is 36.1. The molecule has 13 heteroatoms. The first kappa shape index (κ1) is 35.7. The molecule has 1 spiro atoms. The highest BCUT2D eigenvalue weighted by atomic mass is 16.7. The third kappa shape index (κ3) is 5.78. The van der Waals surface area contributed by atoms with Gasteiger partial charge in [0.1, 0.15) is 23.6 Å². The topological polar surface area (TPSA) is 178 Å². The number of rotatable bonds is 8. The molecule has 2 bridgehead atoms. The number of Topliss-reactive ketones (excluding diaryl/α,β-unsaturated/α-hetero) is 1. The van der Waals surface area contributed by atoms with E-state index < -0.39 is 101 Å². The van der Waals surface area contributed by atoms with Crippen LogP contribution in [0.15, 0.2) is 60.7 Å². The maximum absolute atomic E-state index is 14.0. The molecule has 0 amide bonds. The van der Waals surface area contributed by atoms with Gasteiger partial charge in [-0.15, -0.1) is 0 Å². The third-order valence-electron chi connectivity index (χ3n) is 9.71. The molecule has 0 unspecified atom stereocenters. The van der Waals surface area contributed by atoms with E-state index >= 15 is 0 Å². The number of carbonyl (C=O) groups is 6. The number of ether oxygens (including phenoxy) is 6. The van der Waals surface area contributed by atoms with Crippen LogP contribution >= 0.6 is 0 Å². The van der Waals surface area contributed by atoms with Crippen molar-refractivity contribution < 1.29 is 62.3 Å². The maximum Gasteiger partial charge on any atom is 0.338 e. The molecular formula is C36H40O13. The van der Waals surface area contributed by atoms with Gasteiger partial charge in [0.05, 0.1) is 22.6 Å². The largest absolute Gasteiger partial charge is 0.459 e. The van der Waals surface area contributed by atoms with E-state index in [0.717, 1.165) is 20.8 Å². The Morgan fingerprint density at radius 3 is 1.61 bits per heavy atom. The molecule has 2 aromatic carbocycles. The van der Waals surface area contributed by atoms with Crippen LogP contribution in [0.5, 0.6) is 0 Å². The minimum atomic E-state index is -2.68. The van der Waals surface area contributed by atoms with Crippen LogP contribution in [0, 0.1) is 11.8 Å². The third-order valence-corrected chi connectivity index (χ3v) is 9.71. The summed E-state index contributed by atoms with van der Waals surface area (Å²) in [5.74, 6) is -7.78. The molecule has 2 saturated carbocycles. The van der Waals surface area contributed by atoms with E-state index in [-0.39, 0.29) is 11.1 Å². The van der Waals surface area contributed by atoms with Crippen LogP contribution in [0.4, 0.5) is 0 Å². The highest BCUT2D eigenvalue weighted by Gasteiger charge is 2.90. The lowest BCUT2D eigenvalue weighted by Gasteiger charge is -2.65. The average Bonchev–Trinajstić information content (AvgIpc) is 3.20. The minimum Gasteiger partial charge on any atom is -0.459 e. The summed E-state index contributed by atoms with van der Waals surface area (Å²) in [6, 6.07) is 15.5. The van der Waals surface area contributed by atoms with Gasteiger partial charge in [0.2, 0.25) is 5.60 Å². The number of benzene rings is 2. The van der Waals surface area contributed by atoms with Crippen LogP contribution in [-0.4, -0.2) is 87.6 Å². The maximum atomic E-state index is 14.0. The Labute approximate surface area is 283 Å². The van der Waals surface area contributed by atoms with Gasteiger partial charge in [0.25, 0.3) is 0 Å². The van der Waals surface area contributed by atoms with E-state index in [1.807, 2.05) is 0 Å². The van der Waals surface area contributed by atoms with Crippen molar-refractivity contribution in [2.75, 3.05) is 0 Å². The number of hydrogen-bond acceptors (Lipinski definition) is 13. The standard InChI is InChI=1S/C36H40O13/c1-19(37)26-27-30(45-21(3)39)36(49-33(27,5)6)34(7,43)18-25(44-20(2)38)28(46-31(41)23-14-10-8-11-15-23)35(36,48-22(4)40)29(26)47-32(42)24-16-12-9-13-17-24/h8-17,25-30,43H,18H2,1-7H3/t25-,26+,27+,28-,29+,30+,34-,35+,36-/m0/s1. The Balaban J connectivity index is 1.90. The molecule has 2 aromatic rings. The van der Waals surface area contributed by atoms with Gasteiger partial charge in [-0.3, -0.25) is 19.2 Å². The van der Waals surface area contributed by atoms with Crippen molar-refractivity contribution in [1.82, 2.24) is 0 Å². The summed E-state index contributed by atoms with van der Waals surface area (Å²) in [6.45, 7) is 8.94. The Morgan fingerprint density at radius 2 is 1.16 bits per heavy atom. The summed E-state index contributed by atoms with van der Waals surface area (Å²) in [4.78, 5) is 80.6. The van der Waals surface area contributed by atoms with Gasteiger partial charge in [0, 0.05) is 33.1 Å². The first-order chi connectivity index (χ1) is 22.9. The quantitative estimate of drug-likeness (QED) is 0.318. The van der Waals surface area contributed by atoms with E-state index in [9.17, 15) is 33.9 Å². The van der Waals surface area contributed by atoms with Gasteiger partial charge in [0.15, 0.2) is 17.8 Å². The average molecular weight is 681 g/mol. The molecule has 9 atom stereocenters. The smallest absolute Gasteiger partial charge is 0.338 e. The summed E-state index contributed by atoms with van der Waals surface area (Å²) < 4.78 is 37.0. The first-order valence-electron chi connectivity index (χ1n) is 15.9. The summed E-state index contributed by atoms with van der Waals surface area (Å²) in [7, 11) is 0. The molecule has 0 radical (unpaired) electrons. The summed E-state index contributed by atoms with van der Waals surface area (Å²) >= 11 is 0. The molecule has 13 nitrogen and oxygen atoms in total. The molecule has 1 aliphatic heterocycles. The molecule has 1 heterocycles. The first-order valence-corrected chi connectivity index (χ1v) is 15.9. The highest BCUT2D eigenvalue weighted by molar-refractivity contribution is 5.91. The number of esters is 5. The van der Waals surface area contributed by atoms with Crippen molar-refractivity contribution in [2.24, 2.45) is 11.8 Å².